The molecular weight excluding hydrogens is 315 g/mol. The SMILES string of the molecule is CN(Cc1cc(Br)ccc1F)C(=O)[C@H]1COCCN1. The summed E-state index contributed by atoms with van der Waals surface area (Å²) in [4.78, 5) is 13.7. The minimum absolute atomic E-state index is 0.0842. The second-order valence-corrected chi connectivity index (χ2v) is 5.43. The Balaban J connectivity index is 2.01. The molecule has 1 heterocycles. The average Bonchev–Trinajstić information content (AvgIpc) is 2.43. The van der Waals surface area contributed by atoms with Gasteiger partial charge in [-0.15, -0.1) is 0 Å². The Morgan fingerprint density at radius 1 is 1.63 bits per heavy atom. The highest BCUT2D eigenvalue weighted by atomic mass is 79.9. The predicted octanol–water partition coefficient (Wildman–Crippen LogP) is 1.53. The molecule has 1 N–H and O–H groups in total. The maximum absolute atomic E-state index is 13.6. The minimum Gasteiger partial charge on any atom is -0.378 e. The highest BCUT2D eigenvalue weighted by molar-refractivity contribution is 9.10. The van der Waals surface area contributed by atoms with Crippen LogP contribution in [0.3, 0.4) is 0 Å². The van der Waals surface area contributed by atoms with Crippen molar-refractivity contribution >= 4 is 21.8 Å². The van der Waals surface area contributed by atoms with Crippen molar-refractivity contribution < 1.29 is 13.9 Å². The number of hydrogen-bond donors (Lipinski definition) is 1. The largest absolute Gasteiger partial charge is 0.378 e. The summed E-state index contributed by atoms with van der Waals surface area (Å²) in [5, 5.41) is 3.09. The van der Waals surface area contributed by atoms with Gasteiger partial charge in [0.05, 0.1) is 13.2 Å². The standard InChI is InChI=1S/C13H16BrFN2O2/c1-17(13(18)12-8-19-5-4-16-12)7-9-6-10(14)2-3-11(9)15/h2-3,6,12,16H,4-5,7-8H2,1H3/t12-/m1/s1. The van der Waals surface area contributed by atoms with Gasteiger partial charge in [-0.2, -0.15) is 0 Å². The first-order valence-electron chi connectivity index (χ1n) is 6.08. The van der Waals surface area contributed by atoms with E-state index in [0.717, 1.165) is 4.47 Å². The number of likely N-dealkylation sites (N-methyl/N-ethyl adjacent to an activating group) is 1. The molecular formula is C13H16BrFN2O2. The van der Waals surface area contributed by atoms with Crippen LogP contribution in [0.25, 0.3) is 0 Å². The maximum Gasteiger partial charge on any atom is 0.242 e. The van der Waals surface area contributed by atoms with Gasteiger partial charge in [-0.1, -0.05) is 15.9 Å². The van der Waals surface area contributed by atoms with Crippen LogP contribution in [0.15, 0.2) is 22.7 Å². The minimum atomic E-state index is -0.339. The molecule has 0 unspecified atom stereocenters. The molecule has 1 fully saturated rings. The molecule has 4 nitrogen and oxygen atoms in total. The van der Waals surface area contributed by atoms with Crippen LogP contribution in [0, 0.1) is 5.82 Å². The van der Waals surface area contributed by atoms with Gasteiger partial charge in [0.15, 0.2) is 0 Å². The van der Waals surface area contributed by atoms with Crippen molar-refractivity contribution in [1.82, 2.24) is 10.2 Å². The van der Waals surface area contributed by atoms with Crippen LogP contribution in [0.1, 0.15) is 5.56 Å². The van der Waals surface area contributed by atoms with E-state index in [2.05, 4.69) is 21.2 Å². The molecule has 1 aromatic rings. The highest BCUT2D eigenvalue weighted by Crippen LogP contribution is 2.17. The number of rotatable bonds is 3. The van der Waals surface area contributed by atoms with Crippen LogP contribution in [-0.2, 0) is 16.1 Å². The fourth-order valence-electron chi connectivity index (χ4n) is 1.99. The zero-order valence-electron chi connectivity index (χ0n) is 10.7. The number of carbonyl (C=O) groups excluding carboxylic acids is 1. The van der Waals surface area contributed by atoms with E-state index in [9.17, 15) is 9.18 Å². The van der Waals surface area contributed by atoms with Gasteiger partial charge in [0.1, 0.15) is 11.9 Å². The van der Waals surface area contributed by atoms with Crippen LogP contribution in [0.4, 0.5) is 4.39 Å². The molecule has 0 spiro atoms. The summed E-state index contributed by atoms with van der Waals surface area (Å²) < 4.78 is 19.7. The van der Waals surface area contributed by atoms with Gasteiger partial charge < -0.3 is 15.0 Å². The molecule has 19 heavy (non-hydrogen) atoms. The molecule has 2 rings (SSSR count). The smallest absolute Gasteiger partial charge is 0.242 e. The van der Waals surface area contributed by atoms with E-state index >= 15 is 0 Å². The van der Waals surface area contributed by atoms with Gasteiger partial charge in [0, 0.05) is 30.2 Å². The van der Waals surface area contributed by atoms with E-state index in [1.807, 2.05) is 0 Å². The van der Waals surface area contributed by atoms with E-state index in [-0.39, 0.29) is 24.3 Å². The third-order valence-corrected chi connectivity index (χ3v) is 3.50. The Hall–Kier alpha value is -0.980. The van der Waals surface area contributed by atoms with E-state index in [1.165, 1.54) is 11.0 Å². The number of benzene rings is 1. The summed E-state index contributed by atoms with van der Waals surface area (Å²) in [5.41, 5.74) is 0.488. The normalized spacial score (nSPS) is 19.2. The second kappa shape index (κ2) is 6.45. The van der Waals surface area contributed by atoms with Gasteiger partial charge in [0.2, 0.25) is 5.91 Å². The number of hydrogen-bond acceptors (Lipinski definition) is 3. The van der Waals surface area contributed by atoms with E-state index in [4.69, 9.17) is 4.74 Å². The molecule has 1 atom stereocenters. The molecule has 6 heteroatoms. The predicted molar refractivity (Wildman–Crippen MR) is 73.2 cm³/mol. The summed E-state index contributed by atoms with van der Waals surface area (Å²) >= 11 is 3.30. The number of nitrogens with zero attached hydrogens (tertiary/aromatic N) is 1. The Kier molecular flexibility index (Phi) is 4.90. The van der Waals surface area contributed by atoms with E-state index in [1.54, 1.807) is 19.2 Å². The molecule has 0 aliphatic carbocycles. The number of carbonyl (C=O) groups is 1. The summed E-state index contributed by atoms with van der Waals surface area (Å²) in [6, 6.07) is 4.37. The molecule has 1 saturated heterocycles. The van der Waals surface area contributed by atoms with Crippen molar-refractivity contribution in [1.29, 1.82) is 0 Å². The lowest BCUT2D eigenvalue weighted by Crippen LogP contribution is -2.51. The zero-order valence-corrected chi connectivity index (χ0v) is 12.2. The van der Waals surface area contributed by atoms with Crippen molar-refractivity contribution in [3.63, 3.8) is 0 Å². The fraction of sp³-hybridized carbons (Fsp3) is 0.462. The number of morpholine rings is 1. The van der Waals surface area contributed by atoms with Gasteiger partial charge in [-0.25, -0.2) is 4.39 Å². The molecule has 1 aliphatic heterocycles. The second-order valence-electron chi connectivity index (χ2n) is 4.51. The Morgan fingerprint density at radius 3 is 3.11 bits per heavy atom. The van der Waals surface area contributed by atoms with Crippen LogP contribution < -0.4 is 5.32 Å². The summed E-state index contributed by atoms with van der Waals surface area (Å²) in [6.45, 7) is 1.88. The first-order chi connectivity index (χ1) is 9.08. The molecule has 0 saturated carbocycles. The lowest BCUT2D eigenvalue weighted by molar-refractivity contribution is -0.135. The first kappa shape index (κ1) is 14.4. The van der Waals surface area contributed by atoms with Crippen LogP contribution in [0.2, 0.25) is 0 Å². The summed E-state index contributed by atoms with van der Waals surface area (Å²) in [7, 11) is 1.67. The number of ether oxygens (including phenoxy) is 1. The molecule has 1 aliphatic rings. The van der Waals surface area contributed by atoms with Gasteiger partial charge in [-0.3, -0.25) is 4.79 Å². The quantitative estimate of drug-likeness (QED) is 0.914. The van der Waals surface area contributed by atoms with Crippen molar-refractivity contribution in [3.05, 3.63) is 34.1 Å². The lowest BCUT2D eigenvalue weighted by atomic mass is 10.2. The molecule has 1 aromatic carbocycles. The zero-order chi connectivity index (χ0) is 13.8. The average molecular weight is 331 g/mol. The third-order valence-electron chi connectivity index (χ3n) is 3.01. The molecule has 104 valence electrons. The van der Waals surface area contributed by atoms with Gasteiger partial charge >= 0.3 is 0 Å². The Labute approximate surface area is 120 Å². The van der Waals surface area contributed by atoms with Crippen molar-refractivity contribution in [2.24, 2.45) is 0 Å². The summed E-state index contributed by atoms with van der Waals surface area (Å²) in [5.74, 6) is -0.394. The van der Waals surface area contributed by atoms with Gasteiger partial charge in [-0.05, 0) is 18.2 Å². The van der Waals surface area contributed by atoms with Crippen LogP contribution in [-0.4, -0.2) is 43.7 Å². The van der Waals surface area contributed by atoms with E-state index < -0.39 is 0 Å². The first-order valence-corrected chi connectivity index (χ1v) is 6.87. The molecule has 0 radical (unpaired) electrons. The third kappa shape index (κ3) is 3.75. The Morgan fingerprint density at radius 2 is 2.42 bits per heavy atom. The van der Waals surface area contributed by atoms with E-state index in [0.29, 0.717) is 25.3 Å². The number of halogens is 2. The molecule has 1 amide bonds. The lowest BCUT2D eigenvalue weighted by Gasteiger charge is -2.27. The number of amides is 1. The summed E-state index contributed by atoms with van der Waals surface area (Å²) in [6.07, 6.45) is 0. The monoisotopic (exact) mass is 330 g/mol. The fourth-order valence-corrected chi connectivity index (χ4v) is 2.40. The van der Waals surface area contributed by atoms with Crippen molar-refractivity contribution in [2.45, 2.75) is 12.6 Å². The Bertz CT molecular complexity index is 464. The molecule has 0 bridgehead atoms. The van der Waals surface area contributed by atoms with Crippen LogP contribution >= 0.6 is 15.9 Å². The topological polar surface area (TPSA) is 41.6 Å². The van der Waals surface area contributed by atoms with Gasteiger partial charge in [0.25, 0.3) is 0 Å². The maximum atomic E-state index is 13.6. The molecule has 0 aromatic heterocycles. The highest BCUT2D eigenvalue weighted by Gasteiger charge is 2.24. The van der Waals surface area contributed by atoms with Crippen molar-refractivity contribution in [2.75, 3.05) is 26.8 Å². The van der Waals surface area contributed by atoms with Crippen LogP contribution in [0.5, 0.6) is 0 Å². The van der Waals surface area contributed by atoms with Crippen molar-refractivity contribution in [3.8, 4) is 0 Å². The number of nitrogens with one attached hydrogen (secondary N) is 1.